The van der Waals surface area contributed by atoms with Crippen molar-refractivity contribution in [3.63, 3.8) is 0 Å². The monoisotopic (exact) mass is 427 g/mol. The van der Waals surface area contributed by atoms with Gasteiger partial charge in [-0.15, -0.1) is 0 Å². The second-order valence-corrected chi connectivity index (χ2v) is 7.91. The van der Waals surface area contributed by atoms with E-state index in [-0.39, 0.29) is 11.1 Å². The third-order valence-corrected chi connectivity index (χ3v) is 4.68. The molecule has 3 aromatic rings. The number of urea groups is 1. The zero-order valence-corrected chi connectivity index (χ0v) is 17.7. The minimum Gasteiger partial charge on any atom is -0.322 e. The number of halogens is 1. The Balaban J connectivity index is 1.67. The van der Waals surface area contributed by atoms with Crippen LogP contribution in [-0.4, -0.2) is 21.5 Å². The Morgan fingerprint density at radius 1 is 1.07 bits per heavy atom. The second-order valence-electron chi connectivity index (χ2n) is 7.51. The summed E-state index contributed by atoms with van der Waals surface area (Å²) in [6.07, 6.45) is 3.39. The number of nitrogens with one attached hydrogen (secondary N) is 2. The van der Waals surface area contributed by atoms with E-state index in [1.54, 1.807) is 42.7 Å². The van der Waals surface area contributed by atoms with Crippen LogP contribution in [0.15, 0.2) is 60.9 Å². The third-order valence-electron chi connectivity index (χ3n) is 4.26. The molecule has 0 fully saturated rings. The molecule has 0 aliphatic heterocycles. The van der Waals surface area contributed by atoms with Crippen molar-refractivity contribution in [1.29, 1.82) is 0 Å². The van der Waals surface area contributed by atoms with Gasteiger partial charge in [-0.05, 0) is 57.2 Å². The van der Waals surface area contributed by atoms with Gasteiger partial charge in [0.05, 0.1) is 11.3 Å². The fourth-order valence-corrected chi connectivity index (χ4v) is 2.92. The highest BCUT2D eigenvalue weighted by Gasteiger charge is 2.20. The van der Waals surface area contributed by atoms with Crippen molar-refractivity contribution >= 4 is 42.1 Å². The third kappa shape index (κ3) is 4.80. The van der Waals surface area contributed by atoms with Crippen LogP contribution in [0.1, 0.15) is 31.1 Å². The summed E-state index contributed by atoms with van der Waals surface area (Å²) in [5.41, 5.74) is 0.635. The van der Waals surface area contributed by atoms with Crippen molar-refractivity contribution in [2.75, 3.05) is 14.9 Å². The molecule has 156 valence electrons. The topological polar surface area (TPSA) is 79.3 Å². The number of aromatic nitrogens is 2. The quantitative estimate of drug-likeness (QED) is 0.518. The van der Waals surface area contributed by atoms with Gasteiger partial charge in [-0.2, -0.15) is 0 Å². The summed E-state index contributed by atoms with van der Waals surface area (Å²) in [7, 11) is 0. The maximum Gasteiger partial charge on any atom is 0.338 e. The fourth-order valence-electron chi connectivity index (χ4n) is 2.73. The molecule has 7 nitrogen and oxygen atoms in total. The number of carbonyl (C=O) groups is 2. The number of imidazole rings is 1. The van der Waals surface area contributed by atoms with E-state index in [2.05, 4.69) is 28.4 Å². The van der Waals surface area contributed by atoms with E-state index in [0.717, 1.165) is 4.31 Å². The number of rotatable bonds is 4. The van der Waals surface area contributed by atoms with Crippen LogP contribution in [-0.2, 0) is 5.54 Å². The van der Waals surface area contributed by atoms with Gasteiger partial charge in [-0.3, -0.25) is 10.1 Å². The van der Waals surface area contributed by atoms with Crippen LogP contribution in [0.2, 0.25) is 0 Å². The summed E-state index contributed by atoms with van der Waals surface area (Å²) in [6.45, 7) is 5.99. The first-order valence-electron chi connectivity index (χ1n) is 9.16. The second kappa shape index (κ2) is 8.58. The number of carbonyl (C=O) groups excluding carboxylic acids is 2. The molecule has 2 N–H and O–H groups in total. The standard InChI is InChI=1S/C21H22FN5O2S/c1-21(2,3)26-13-12-23-19(26)25-20(29)27(30)15-10-8-14(9-11-15)24-18(28)16-6-4-5-7-17(16)22/h4-13,30H,1-3H3,(H,24,28)(H,23,25,29). The van der Waals surface area contributed by atoms with Crippen LogP contribution in [0, 0.1) is 5.82 Å². The molecule has 3 amide bonds. The molecule has 0 aliphatic rings. The van der Waals surface area contributed by atoms with E-state index in [4.69, 9.17) is 0 Å². The minimum absolute atomic E-state index is 0.0499. The number of hydrogen-bond donors (Lipinski definition) is 3. The van der Waals surface area contributed by atoms with Crippen molar-refractivity contribution in [2.45, 2.75) is 26.3 Å². The molecule has 1 heterocycles. The van der Waals surface area contributed by atoms with E-state index in [1.807, 2.05) is 25.3 Å². The molecule has 3 rings (SSSR count). The molecule has 1 aromatic heterocycles. The van der Waals surface area contributed by atoms with Crippen LogP contribution in [0.4, 0.5) is 26.5 Å². The Labute approximate surface area is 179 Å². The Hall–Kier alpha value is -3.33. The molecule has 2 aromatic carbocycles. The summed E-state index contributed by atoms with van der Waals surface area (Å²) in [4.78, 5) is 28.9. The lowest BCUT2D eigenvalue weighted by atomic mass is 10.1. The van der Waals surface area contributed by atoms with Crippen molar-refractivity contribution in [1.82, 2.24) is 9.55 Å². The number of hydrogen-bond acceptors (Lipinski definition) is 4. The summed E-state index contributed by atoms with van der Waals surface area (Å²) in [5.74, 6) is -0.755. The molecule has 0 bridgehead atoms. The molecule has 0 radical (unpaired) electrons. The minimum atomic E-state index is -0.599. The summed E-state index contributed by atoms with van der Waals surface area (Å²) < 4.78 is 16.7. The Kier molecular flexibility index (Phi) is 6.12. The van der Waals surface area contributed by atoms with Gasteiger partial charge in [0, 0.05) is 23.6 Å². The summed E-state index contributed by atoms with van der Waals surface area (Å²) >= 11 is 4.25. The lowest BCUT2D eigenvalue weighted by Crippen LogP contribution is -2.31. The van der Waals surface area contributed by atoms with E-state index in [9.17, 15) is 14.0 Å². The Morgan fingerprint density at radius 3 is 2.37 bits per heavy atom. The number of thiol groups is 1. The largest absolute Gasteiger partial charge is 0.338 e. The first-order chi connectivity index (χ1) is 14.2. The first kappa shape index (κ1) is 21.4. The van der Waals surface area contributed by atoms with Crippen molar-refractivity contribution in [2.24, 2.45) is 0 Å². The van der Waals surface area contributed by atoms with Gasteiger partial charge in [0.25, 0.3) is 5.91 Å². The van der Waals surface area contributed by atoms with Gasteiger partial charge in [0.1, 0.15) is 5.82 Å². The van der Waals surface area contributed by atoms with Crippen LogP contribution in [0.3, 0.4) is 0 Å². The van der Waals surface area contributed by atoms with Gasteiger partial charge < -0.3 is 9.88 Å². The van der Waals surface area contributed by atoms with Gasteiger partial charge >= 0.3 is 6.03 Å². The number of benzene rings is 2. The predicted molar refractivity (Wildman–Crippen MR) is 119 cm³/mol. The lowest BCUT2D eigenvalue weighted by molar-refractivity contribution is 0.102. The number of amides is 3. The van der Waals surface area contributed by atoms with Gasteiger partial charge in [0.2, 0.25) is 5.95 Å². The average molecular weight is 428 g/mol. The lowest BCUT2D eigenvalue weighted by Gasteiger charge is -2.24. The van der Waals surface area contributed by atoms with E-state index < -0.39 is 17.8 Å². The van der Waals surface area contributed by atoms with Crippen LogP contribution in [0.5, 0.6) is 0 Å². The zero-order chi connectivity index (χ0) is 21.9. The molecule has 0 saturated heterocycles. The van der Waals surface area contributed by atoms with E-state index in [1.165, 1.54) is 18.2 Å². The molecule has 9 heteroatoms. The highest BCUT2D eigenvalue weighted by Crippen LogP contribution is 2.23. The van der Waals surface area contributed by atoms with E-state index >= 15 is 0 Å². The van der Waals surface area contributed by atoms with Crippen LogP contribution < -0.4 is 14.9 Å². The predicted octanol–water partition coefficient (Wildman–Crippen LogP) is 4.91. The van der Waals surface area contributed by atoms with Crippen LogP contribution >= 0.6 is 12.8 Å². The van der Waals surface area contributed by atoms with Gasteiger partial charge in [-0.25, -0.2) is 18.5 Å². The zero-order valence-electron chi connectivity index (χ0n) is 16.8. The molecule has 0 unspecified atom stereocenters. The number of nitrogens with zero attached hydrogens (tertiary/aromatic N) is 3. The summed E-state index contributed by atoms with van der Waals surface area (Å²) in [5, 5.41) is 5.34. The maximum absolute atomic E-state index is 13.7. The SMILES string of the molecule is CC(C)(C)n1ccnc1NC(=O)N(S)c1ccc(NC(=O)c2ccccc2F)cc1. The first-order valence-corrected chi connectivity index (χ1v) is 9.56. The van der Waals surface area contributed by atoms with Crippen molar-refractivity contribution in [3.8, 4) is 0 Å². The Morgan fingerprint density at radius 2 is 1.73 bits per heavy atom. The molecular formula is C21H22FN5O2S. The maximum atomic E-state index is 13.7. The molecule has 0 atom stereocenters. The molecular weight excluding hydrogens is 405 g/mol. The van der Waals surface area contributed by atoms with E-state index in [0.29, 0.717) is 17.3 Å². The highest BCUT2D eigenvalue weighted by molar-refractivity contribution is 7.82. The normalized spacial score (nSPS) is 11.1. The molecule has 0 spiro atoms. The molecule has 30 heavy (non-hydrogen) atoms. The van der Waals surface area contributed by atoms with Crippen LogP contribution in [0.25, 0.3) is 0 Å². The fraction of sp³-hybridized carbons (Fsp3) is 0.190. The molecule has 0 saturated carbocycles. The highest BCUT2D eigenvalue weighted by atomic mass is 32.1. The summed E-state index contributed by atoms with van der Waals surface area (Å²) in [6, 6.07) is 11.7. The smallest absolute Gasteiger partial charge is 0.322 e. The van der Waals surface area contributed by atoms with Crippen molar-refractivity contribution in [3.05, 3.63) is 72.3 Å². The Bertz CT molecular complexity index is 1060. The van der Waals surface area contributed by atoms with Gasteiger partial charge in [0.15, 0.2) is 0 Å². The molecule has 0 aliphatic carbocycles. The number of anilines is 3. The average Bonchev–Trinajstić information content (AvgIpc) is 3.17. The van der Waals surface area contributed by atoms with Crippen molar-refractivity contribution < 1.29 is 14.0 Å². The van der Waals surface area contributed by atoms with Gasteiger partial charge in [-0.1, -0.05) is 24.9 Å².